The number of sulfonamides is 1. The Morgan fingerprint density at radius 3 is 2.76 bits per heavy atom. The molecule has 0 atom stereocenters. The van der Waals surface area contributed by atoms with E-state index >= 15 is 0 Å². The topological polar surface area (TPSA) is 88.2 Å². The fraction of sp³-hybridized carbons (Fsp3) is 0.500. The van der Waals surface area contributed by atoms with Gasteiger partial charge in [-0.25, -0.2) is 22.5 Å². The summed E-state index contributed by atoms with van der Waals surface area (Å²) in [5, 5.41) is 3.87. The molecule has 0 bridgehead atoms. The average molecular weight is 440 g/mol. The molecule has 3 rings (SSSR count). The van der Waals surface area contributed by atoms with Gasteiger partial charge in [0.05, 0.1) is 5.75 Å². The number of halogens is 1. The Morgan fingerprint density at radius 1 is 1.28 bits per heavy atom. The Kier molecular flexibility index (Phi) is 7.23. The lowest BCUT2D eigenvalue weighted by Crippen LogP contribution is -2.32. The predicted octanol–water partition coefficient (Wildman–Crippen LogP) is 4.23. The summed E-state index contributed by atoms with van der Waals surface area (Å²) < 4.78 is 39.8. The molecule has 1 aliphatic rings. The van der Waals surface area contributed by atoms with Crippen molar-refractivity contribution in [1.29, 1.82) is 0 Å². The van der Waals surface area contributed by atoms with Crippen LogP contribution in [-0.2, 0) is 15.8 Å². The number of amides is 1. The van der Waals surface area contributed by atoms with Gasteiger partial charge in [0.15, 0.2) is 5.13 Å². The van der Waals surface area contributed by atoms with Crippen molar-refractivity contribution in [2.45, 2.75) is 51.2 Å². The highest BCUT2D eigenvalue weighted by Crippen LogP contribution is 2.27. The van der Waals surface area contributed by atoms with Gasteiger partial charge in [0.1, 0.15) is 11.5 Å². The van der Waals surface area contributed by atoms with Gasteiger partial charge in [-0.05, 0) is 37.0 Å². The van der Waals surface area contributed by atoms with E-state index in [0.717, 1.165) is 24.9 Å². The number of hydrogen-bond acceptors (Lipinski definition) is 6. The van der Waals surface area contributed by atoms with Crippen LogP contribution in [0.3, 0.4) is 0 Å². The van der Waals surface area contributed by atoms with Gasteiger partial charge in [0.25, 0.3) is 5.91 Å². The molecule has 1 amide bonds. The summed E-state index contributed by atoms with van der Waals surface area (Å²) in [7, 11) is -3.96. The first-order valence-electron chi connectivity index (χ1n) is 9.83. The van der Waals surface area contributed by atoms with E-state index in [-0.39, 0.29) is 11.3 Å². The van der Waals surface area contributed by atoms with Gasteiger partial charge in [-0.3, -0.25) is 4.79 Å². The lowest BCUT2D eigenvalue weighted by Gasteiger charge is -2.21. The van der Waals surface area contributed by atoms with Crippen LogP contribution in [0, 0.1) is 18.7 Å². The van der Waals surface area contributed by atoms with Crippen molar-refractivity contribution in [3.8, 4) is 0 Å². The number of benzene rings is 1. The second-order valence-electron chi connectivity index (χ2n) is 7.46. The zero-order chi connectivity index (χ0) is 20.9. The first-order chi connectivity index (χ1) is 13.8. The van der Waals surface area contributed by atoms with Crippen molar-refractivity contribution >= 4 is 32.4 Å². The number of aryl methyl sites for hydroxylation is 1. The van der Waals surface area contributed by atoms with Crippen molar-refractivity contribution in [3.05, 3.63) is 46.2 Å². The first-order valence-corrected chi connectivity index (χ1v) is 12.3. The smallest absolute Gasteiger partial charge is 0.284 e. The molecule has 6 nitrogen and oxygen atoms in total. The third-order valence-corrected chi connectivity index (χ3v) is 7.20. The molecule has 0 unspecified atom stereocenters. The number of thiazole rings is 1. The van der Waals surface area contributed by atoms with Gasteiger partial charge >= 0.3 is 0 Å². The Morgan fingerprint density at radius 2 is 2.03 bits per heavy atom. The van der Waals surface area contributed by atoms with Crippen LogP contribution in [0.1, 0.15) is 59.5 Å². The van der Waals surface area contributed by atoms with Gasteiger partial charge in [0.2, 0.25) is 10.0 Å². The van der Waals surface area contributed by atoms with Crippen LogP contribution >= 0.6 is 11.3 Å². The van der Waals surface area contributed by atoms with Crippen molar-refractivity contribution in [2.75, 3.05) is 11.9 Å². The minimum absolute atomic E-state index is 0.0954. The summed E-state index contributed by atoms with van der Waals surface area (Å²) in [5.41, 5.74) is 0.364. The number of carbonyl (C=O) groups excluding carboxylic acids is 1. The molecule has 158 valence electrons. The van der Waals surface area contributed by atoms with Crippen LogP contribution < -0.4 is 10.0 Å². The van der Waals surface area contributed by atoms with E-state index in [9.17, 15) is 17.6 Å². The van der Waals surface area contributed by atoms with Gasteiger partial charge < -0.3 is 5.32 Å². The van der Waals surface area contributed by atoms with Crippen LogP contribution in [-0.4, -0.2) is 25.9 Å². The summed E-state index contributed by atoms with van der Waals surface area (Å²) >= 11 is 1.33. The molecule has 0 aliphatic heterocycles. The summed E-state index contributed by atoms with van der Waals surface area (Å²) in [6.07, 6.45) is 7.55. The molecular formula is C20H26FN3O3S2. The monoisotopic (exact) mass is 439 g/mol. The lowest BCUT2D eigenvalue weighted by atomic mass is 9.87. The van der Waals surface area contributed by atoms with E-state index in [0.29, 0.717) is 10.0 Å². The number of nitrogens with one attached hydrogen (secondary N) is 2. The maximum absolute atomic E-state index is 13.2. The molecule has 29 heavy (non-hydrogen) atoms. The summed E-state index contributed by atoms with van der Waals surface area (Å²) in [6, 6.07) is 5.29. The minimum Gasteiger partial charge on any atom is -0.361 e. The molecule has 1 fully saturated rings. The van der Waals surface area contributed by atoms with E-state index in [1.54, 1.807) is 6.92 Å². The van der Waals surface area contributed by atoms with E-state index in [1.807, 2.05) is 4.72 Å². The number of aromatic nitrogens is 1. The Hall–Kier alpha value is -2.00. The number of hydrogen-bond donors (Lipinski definition) is 2. The third kappa shape index (κ3) is 6.50. The SMILES string of the molecule is Cc1sc(NCCC2CCCCC2)nc1C(=O)NS(=O)(=O)Cc1cccc(F)c1. The highest BCUT2D eigenvalue weighted by atomic mass is 32.2. The molecule has 1 aliphatic carbocycles. The Bertz CT molecular complexity index is 954. The quantitative estimate of drug-likeness (QED) is 0.643. The van der Waals surface area contributed by atoms with E-state index in [4.69, 9.17) is 0 Å². The van der Waals surface area contributed by atoms with Gasteiger partial charge in [0, 0.05) is 11.4 Å². The molecule has 0 radical (unpaired) electrons. The highest BCUT2D eigenvalue weighted by Gasteiger charge is 2.22. The zero-order valence-electron chi connectivity index (χ0n) is 16.4. The normalized spacial score (nSPS) is 15.2. The lowest BCUT2D eigenvalue weighted by molar-refractivity contribution is 0.0976. The second-order valence-corrected chi connectivity index (χ2v) is 10.4. The summed E-state index contributed by atoms with van der Waals surface area (Å²) in [5.74, 6) is -1.03. The highest BCUT2D eigenvalue weighted by molar-refractivity contribution is 7.89. The predicted molar refractivity (Wildman–Crippen MR) is 113 cm³/mol. The van der Waals surface area contributed by atoms with Crippen LogP contribution in [0.4, 0.5) is 9.52 Å². The number of rotatable bonds is 8. The Balaban J connectivity index is 1.56. The molecule has 9 heteroatoms. The Labute approximate surface area is 175 Å². The van der Waals surface area contributed by atoms with E-state index in [1.165, 1.54) is 61.6 Å². The molecule has 1 aromatic carbocycles. The fourth-order valence-electron chi connectivity index (χ4n) is 3.61. The molecular weight excluding hydrogens is 413 g/mol. The van der Waals surface area contributed by atoms with Gasteiger partial charge in [-0.1, -0.05) is 44.2 Å². The fourth-order valence-corrected chi connectivity index (χ4v) is 5.52. The van der Waals surface area contributed by atoms with E-state index in [2.05, 4.69) is 10.3 Å². The van der Waals surface area contributed by atoms with Gasteiger partial charge in [-0.15, -0.1) is 11.3 Å². The summed E-state index contributed by atoms with van der Waals surface area (Å²) in [4.78, 5) is 17.3. The van der Waals surface area contributed by atoms with Crippen LogP contribution in [0.25, 0.3) is 0 Å². The van der Waals surface area contributed by atoms with E-state index < -0.39 is 27.5 Å². The van der Waals surface area contributed by atoms with Crippen LogP contribution in [0.5, 0.6) is 0 Å². The average Bonchev–Trinajstić information content (AvgIpc) is 3.02. The van der Waals surface area contributed by atoms with Gasteiger partial charge in [-0.2, -0.15) is 0 Å². The first kappa shape index (κ1) is 21.7. The van der Waals surface area contributed by atoms with Crippen LogP contribution in [0.2, 0.25) is 0 Å². The van der Waals surface area contributed by atoms with Crippen molar-refractivity contribution in [1.82, 2.24) is 9.71 Å². The standard InChI is InChI=1S/C20H26FN3O3S2/c1-14-18(23-20(28-14)22-11-10-15-6-3-2-4-7-15)19(25)24-29(26,27)13-16-8-5-9-17(21)12-16/h5,8-9,12,15H,2-4,6-7,10-11,13H2,1H3,(H,22,23)(H,24,25). The molecule has 1 heterocycles. The molecule has 0 saturated heterocycles. The second kappa shape index (κ2) is 9.67. The molecule has 0 spiro atoms. The number of nitrogens with zero attached hydrogens (tertiary/aromatic N) is 1. The van der Waals surface area contributed by atoms with Crippen molar-refractivity contribution in [2.24, 2.45) is 5.92 Å². The maximum Gasteiger partial charge on any atom is 0.284 e. The summed E-state index contributed by atoms with van der Waals surface area (Å²) in [6.45, 7) is 2.52. The van der Waals surface area contributed by atoms with Crippen molar-refractivity contribution < 1.29 is 17.6 Å². The third-order valence-electron chi connectivity index (χ3n) is 5.06. The largest absolute Gasteiger partial charge is 0.361 e. The number of anilines is 1. The zero-order valence-corrected chi connectivity index (χ0v) is 18.0. The van der Waals surface area contributed by atoms with Crippen molar-refractivity contribution in [3.63, 3.8) is 0 Å². The maximum atomic E-state index is 13.2. The molecule has 1 saturated carbocycles. The minimum atomic E-state index is -3.96. The molecule has 1 aromatic heterocycles. The molecule has 2 aromatic rings. The van der Waals surface area contributed by atoms with Crippen LogP contribution in [0.15, 0.2) is 24.3 Å². The molecule has 2 N–H and O–H groups in total. The number of carbonyl (C=O) groups is 1.